The van der Waals surface area contributed by atoms with Gasteiger partial charge in [-0.25, -0.2) is 9.97 Å². The standard InChI is InChI=1S/C27H33F3N6O2S.H2/c1-31-24(37)20-5-4-17(10-22(20)38-9-8-35(2)3)34-18-12-26(13-18)6-7-36(15-26)23-21-11-19(14-27(28,29)30)39-25(21)33-16-32-23;/h4-5,10-11,16,18,34H,6-9,12-15H2,1-3H3,(H,31,37);1H. The summed E-state index contributed by atoms with van der Waals surface area (Å²) in [5.74, 6) is 1.09. The van der Waals surface area contributed by atoms with Crippen LogP contribution in [0.15, 0.2) is 30.6 Å². The fourth-order valence-electron chi connectivity index (χ4n) is 5.59. The number of hydrogen-bond donors (Lipinski definition) is 2. The average molecular weight is 565 g/mol. The molecule has 3 heterocycles. The number of rotatable bonds is 9. The van der Waals surface area contributed by atoms with E-state index in [0.717, 1.165) is 61.7 Å². The second-order valence-corrected chi connectivity index (χ2v) is 11.9. The van der Waals surface area contributed by atoms with Gasteiger partial charge in [-0.05, 0) is 57.0 Å². The van der Waals surface area contributed by atoms with Crippen molar-refractivity contribution < 1.29 is 24.1 Å². The molecular weight excluding hydrogens is 529 g/mol. The molecule has 2 fully saturated rings. The zero-order valence-corrected chi connectivity index (χ0v) is 23.1. The number of carbonyl (C=O) groups excluding carboxylic acids is 1. The van der Waals surface area contributed by atoms with Gasteiger partial charge in [-0.15, -0.1) is 11.3 Å². The molecule has 212 valence electrons. The number of benzene rings is 1. The molecule has 3 aromatic rings. The molecule has 1 aromatic carbocycles. The number of alkyl halides is 3. The van der Waals surface area contributed by atoms with Crippen molar-refractivity contribution in [2.45, 2.75) is 37.9 Å². The molecule has 2 N–H and O–H groups in total. The molecule has 2 aliphatic rings. The summed E-state index contributed by atoms with van der Waals surface area (Å²) in [5.41, 5.74) is 1.55. The zero-order chi connectivity index (χ0) is 27.8. The number of carbonyl (C=O) groups is 1. The predicted octanol–water partition coefficient (Wildman–Crippen LogP) is 4.81. The van der Waals surface area contributed by atoms with Crippen LogP contribution in [0.1, 0.15) is 35.9 Å². The third-order valence-corrected chi connectivity index (χ3v) is 8.49. The largest absolute Gasteiger partial charge is 0.491 e. The second-order valence-electron chi connectivity index (χ2n) is 10.8. The van der Waals surface area contributed by atoms with E-state index in [1.165, 1.54) is 6.33 Å². The smallest absolute Gasteiger partial charge is 0.393 e. The van der Waals surface area contributed by atoms with Crippen LogP contribution in [0.5, 0.6) is 5.75 Å². The van der Waals surface area contributed by atoms with Crippen LogP contribution in [0, 0.1) is 5.41 Å². The molecule has 0 radical (unpaired) electrons. The van der Waals surface area contributed by atoms with Crippen LogP contribution >= 0.6 is 11.3 Å². The van der Waals surface area contributed by atoms with Crippen molar-refractivity contribution in [2.75, 3.05) is 57.6 Å². The molecule has 1 amide bonds. The summed E-state index contributed by atoms with van der Waals surface area (Å²) in [7, 11) is 5.54. The summed E-state index contributed by atoms with van der Waals surface area (Å²) < 4.78 is 44.7. The van der Waals surface area contributed by atoms with Crippen molar-refractivity contribution in [1.29, 1.82) is 0 Å². The van der Waals surface area contributed by atoms with Crippen LogP contribution in [0.2, 0.25) is 0 Å². The molecule has 12 heteroatoms. The van der Waals surface area contributed by atoms with E-state index in [9.17, 15) is 18.0 Å². The van der Waals surface area contributed by atoms with E-state index in [-0.39, 0.29) is 23.7 Å². The van der Waals surface area contributed by atoms with Crippen LogP contribution in [-0.4, -0.2) is 80.4 Å². The third-order valence-electron chi connectivity index (χ3n) is 7.45. The summed E-state index contributed by atoms with van der Waals surface area (Å²) in [6.45, 7) is 2.84. The molecule has 1 aliphatic heterocycles. The topological polar surface area (TPSA) is 82.6 Å². The van der Waals surface area contributed by atoms with Gasteiger partial charge in [0.05, 0.1) is 17.4 Å². The van der Waals surface area contributed by atoms with Gasteiger partial charge in [-0.2, -0.15) is 13.2 Å². The first kappa shape index (κ1) is 27.4. The summed E-state index contributed by atoms with van der Waals surface area (Å²) in [6, 6.07) is 7.46. The van der Waals surface area contributed by atoms with E-state index in [4.69, 9.17) is 4.74 Å². The summed E-state index contributed by atoms with van der Waals surface area (Å²) >= 11 is 1.08. The van der Waals surface area contributed by atoms with Gasteiger partial charge in [0, 0.05) is 50.8 Å². The zero-order valence-electron chi connectivity index (χ0n) is 22.3. The van der Waals surface area contributed by atoms with Gasteiger partial charge in [0.15, 0.2) is 0 Å². The molecule has 5 rings (SSSR count). The highest BCUT2D eigenvalue weighted by atomic mass is 32.1. The first-order valence-electron chi connectivity index (χ1n) is 13.0. The lowest BCUT2D eigenvalue weighted by molar-refractivity contribution is -0.126. The number of amides is 1. The number of likely N-dealkylation sites (N-methyl/N-ethyl adjacent to an activating group) is 1. The minimum atomic E-state index is -4.25. The van der Waals surface area contributed by atoms with Crippen LogP contribution in [0.4, 0.5) is 24.7 Å². The minimum Gasteiger partial charge on any atom is -0.491 e. The van der Waals surface area contributed by atoms with Gasteiger partial charge in [0.2, 0.25) is 0 Å². The van der Waals surface area contributed by atoms with Gasteiger partial charge in [-0.3, -0.25) is 4.79 Å². The van der Waals surface area contributed by atoms with Gasteiger partial charge < -0.3 is 25.2 Å². The number of aromatic nitrogens is 2. The molecule has 1 spiro atoms. The molecule has 0 atom stereocenters. The first-order chi connectivity index (χ1) is 18.5. The number of anilines is 2. The van der Waals surface area contributed by atoms with Gasteiger partial charge in [0.25, 0.3) is 5.91 Å². The normalized spacial score (nSPS) is 21.0. The summed E-state index contributed by atoms with van der Waals surface area (Å²) in [6.07, 6.45) is -0.782. The Morgan fingerprint density at radius 3 is 2.79 bits per heavy atom. The number of hydrogen-bond acceptors (Lipinski definition) is 8. The first-order valence-corrected chi connectivity index (χ1v) is 13.8. The Kier molecular flexibility index (Phi) is 7.60. The molecule has 2 aromatic heterocycles. The maximum Gasteiger partial charge on any atom is 0.393 e. The second kappa shape index (κ2) is 10.8. The lowest BCUT2D eigenvalue weighted by Crippen LogP contribution is -2.46. The highest BCUT2D eigenvalue weighted by Crippen LogP contribution is 2.50. The molecule has 39 heavy (non-hydrogen) atoms. The SMILES string of the molecule is CNC(=O)c1ccc(NC2CC3(CCN(c4ncnc5sc(CC(F)(F)F)cc45)C3)C2)cc1OCCN(C)C.[HH]. The number of halogens is 3. The van der Waals surface area contributed by atoms with E-state index < -0.39 is 12.6 Å². The number of nitrogens with one attached hydrogen (secondary N) is 2. The molecule has 1 saturated heterocycles. The van der Waals surface area contributed by atoms with Gasteiger partial charge in [0.1, 0.15) is 29.3 Å². The summed E-state index contributed by atoms with van der Waals surface area (Å²) in [4.78, 5) is 26.1. The Bertz CT molecular complexity index is 1350. The molecular formula is C27H35F3N6O2S. The Morgan fingerprint density at radius 2 is 2.08 bits per heavy atom. The number of ether oxygens (including phenoxy) is 1. The van der Waals surface area contributed by atoms with Crippen molar-refractivity contribution in [3.05, 3.63) is 41.0 Å². The fourth-order valence-corrected chi connectivity index (χ4v) is 6.62. The maximum absolute atomic E-state index is 12.9. The third kappa shape index (κ3) is 6.22. The molecule has 1 aliphatic carbocycles. The Balaban J connectivity index is 0.00000370. The summed E-state index contributed by atoms with van der Waals surface area (Å²) in [5, 5.41) is 6.95. The van der Waals surface area contributed by atoms with Crippen molar-refractivity contribution in [3.8, 4) is 5.75 Å². The maximum atomic E-state index is 12.9. The highest BCUT2D eigenvalue weighted by molar-refractivity contribution is 7.18. The lowest BCUT2D eigenvalue weighted by Gasteiger charge is -2.46. The molecule has 0 bridgehead atoms. The van der Waals surface area contributed by atoms with Crippen molar-refractivity contribution in [3.63, 3.8) is 0 Å². The van der Waals surface area contributed by atoms with Crippen LogP contribution in [-0.2, 0) is 6.42 Å². The predicted molar refractivity (Wildman–Crippen MR) is 149 cm³/mol. The molecule has 8 nitrogen and oxygen atoms in total. The van der Waals surface area contributed by atoms with Crippen LogP contribution < -0.4 is 20.3 Å². The Hall–Kier alpha value is -3.12. The van der Waals surface area contributed by atoms with Crippen molar-refractivity contribution in [2.24, 2.45) is 5.41 Å². The van der Waals surface area contributed by atoms with E-state index in [2.05, 4.69) is 25.5 Å². The van der Waals surface area contributed by atoms with E-state index in [1.807, 2.05) is 31.1 Å². The van der Waals surface area contributed by atoms with E-state index in [1.54, 1.807) is 19.2 Å². The molecule has 0 unspecified atom stereocenters. The van der Waals surface area contributed by atoms with Crippen molar-refractivity contribution >= 4 is 39.0 Å². The number of fused-ring (bicyclic) bond motifs is 1. The van der Waals surface area contributed by atoms with Crippen molar-refractivity contribution in [1.82, 2.24) is 20.2 Å². The van der Waals surface area contributed by atoms with Gasteiger partial charge in [-0.1, -0.05) is 0 Å². The Labute approximate surface area is 231 Å². The number of nitrogens with zero attached hydrogens (tertiary/aromatic N) is 4. The monoisotopic (exact) mass is 564 g/mol. The van der Waals surface area contributed by atoms with Crippen LogP contribution in [0.25, 0.3) is 10.2 Å². The van der Waals surface area contributed by atoms with Gasteiger partial charge >= 0.3 is 6.18 Å². The Morgan fingerprint density at radius 1 is 1.28 bits per heavy atom. The quantitative estimate of drug-likeness (QED) is 0.386. The molecule has 1 saturated carbocycles. The van der Waals surface area contributed by atoms with E-state index >= 15 is 0 Å². The van der Waals surface area contributed by atoms with E-state index in [0.29, 0.717) is 28.1 Å². The van der Waals surface area contributed by atoms with Crippen LogP contribution in [0.3, 0.4) is 0 Å². The number of thiophene rings is 1. The minimum absolute atomic E-state index is 0. The average Bonchev–Trinajstić information content (AvgIpc) is 3.46. The lowest BCUT2D eigenvalue weighted by atomic mass is 9.65. The highest BCUT2D eigenvalue weighted by Gasteiger charge is 2.49. The fraction of sp³-hybridized carbons (Fsp3) is 0.519.